The molecule has 38 heavy (non-hydrogen) atoms. The first-order valence-electron chi connectivity index (χ1n) is 12.8. The van der Waals surface area contributed by atoms with Gasteiger partial charge in [-0.25, -0.2) is 8.42 Å². The van der Waals surface area contributed by atoms with Gasteiger partial charge in [0.25, 0.3) is 5.91 Å². The van der Waals surface area contributed by atoms with Crippen LogP contribution in [0, 0.1) is 0 Å². The van der Waals surface area contributed by atoms with E-state index in [1.54, 1.807) is 48.5 Å². The molecule has 1 N–H and O–H groups in total. The summed E-state index contributed by atoms with van der Waals surface area (Å²) in [7, 11) is -3.82. The minimum Gasteiger partial charge on any atom is -0.457 e. The summed E-state index contributed by atoms with van der Waals surface area (Å²) in [6, 6.07) is 21.5. The Balaban J connectivity index is 1.52. The van der Waals surface area contributed by atoms with Gasteiger partial charge in [0.2, 0.25) is 15.9 Å². The van der Waals surface area contributed by atoms with Gasteiger partial charge >= 0.3 is 0 Å². The van der Waals surface area contributed by atoms with Crippen LogP contribution in [0.5, 0.6) is 11.5 Å². The number of benzene rings is 3. The number of amides is 2. The first kappa shape index (κ1) is 27.2. The van der Waals surface area contributed by atoms with Crippen LogP contribution in [0.3, 0.4) is 0 Å². The standard InChI is InChI=1S/C29H33N3O5S/c1-22(28(33)30-27-15-9-8-14-26(27)29(34)31-20-10-3-4-11-21-31)32(38(2,35)36)23-16-18-25(19-17-23)37-24-12-6-5-7-13-24/h5-9,12-19,22H,3-4,10-11,20-21H2,1-2H3,(H,30,33)/t22-/m1/s1. The van der Waals surface area contributed by atoms with E-state index in [1.165, 1.54) is 6.92 Å². The third kappa shape index (κ3) is 6.72. The van der Waals surface area contributed by atoms with Crippen molar-refractivity contribution >= 4 is 33.2 Å². The molecule has 1 aliphatic heterocycles. The highest BCUT2D eigenvalue weighted by Crippen LogP contribution is 2.28. The normalized spacial score (nSPS) is 14.7. The van der Waals surface area contributed by atoms with E-state index in [0.717, 1.165) is 36.2 Å². The van der Waals surface area contributed by atoms with Crippen LogP contribution < -0.4 is 14.4 Å². The topological polar surface area (TPSA) is 96.0 Å². The summed E-state index contributed by atoms with van der Waals surface area (Å²) < 4.78 is 32.4. The van der Waals surface area contributed by atoms with E-state index in [-0.39, 0.29) is 5.91 Å². The number of rotatable bonds is 8. The number of hydrogen-bond acceptors (Lipinski definition) is 5. The molecule has 0 spiro atoms. The molecule has 9 heteroatoms. The molecule has 0 radical (unpaired) electrons. The van der Waals surface area contributed by atoms with Gasteiger partial charge in [-0.2, -0.15) is 0 Å². The highest BCUT2D eigenvalue weighted by atomic mass is 32.2. The van der Waals surface area contributed by atoms with Crippen LogP contribution in [0.1, 0.15) is 43.0 Å². The van der Waals surface area contributed by atoms with Crippen molar-refractivity contribution in [2.45, 2.75) is 38.6 Å². The molecule has 200 valence electrons. The van der Waals surface area contributed by atoms with Gasteiger partial charge in [0, 0.05) is 13.1 Å². The number of ether oxygens (including phenoxy) is 1. The predicted molar refractivity (Wildman–Crippen MR) is 149 cm³/mol. The highest BCUT2D eigenvalue weighted by Gasteiger charge is 2.30. The van der Waals surface area contributed by atoms with Gasteiger partial charge in [0.15, 0.2) is 0 Å². The molecule has 4 rings (SSSR count). The molecule has 2 amide bonds. The lowest BCUT2D eigenvalue weighted by atomic mass is 10.1. The Bertz CT molecular complexity index is 1350. The van der Waals surface area contributed by atoms with Crippen LogP contribution in [0.25, 0.3) is 0 Å². The average Bonchev–Trinajstić information content (AvgIpc) is 3.19. The minimum absolute atomic E-state index is 0.135. The molecule has 1 atom stereocenters. The van der Waals surface area contributed by atoms with Crippen molar-refractivity contribution in [3.63, 3.8) is 0 Å². The Morgan fingerprint density at radius 3 is 2.05 bits per heavy atom. The molecule has 3 aromatic rings. The summed E-state index contributed by atoms with van der Waals surface area (Å²) >= 11 is 0. The molecule has 8 nitrogen and oxygen atoms in total. The Labute approximate surface area is 224 Å². The summed E-state index contributed by atoms with van der Waals surface area (Å²) in [5.74, 6) is 0.508. The Kier molecular flexibility index (Phi) is 8.68. The zero-order chi connectivity index (χ0) is 27.1. The maximum Gasteiger partial charge on any atom is 0.255 e. The second-order valence-electron chi connectivity index (χ2n) is 9.39. The van der Waals surface area contributed by atoms with E-state index in [4.69, 9.17) is 4.74 Å². The number of carbonyl (C=O) groups is 2. The van der Waals surface area contributed by atoms with E-state index in [2.05, 4.69) is 5.32 Å². The summed E-state index contributed by atoms with van der Waals surface area (Å²) in [6.45, 7) is 2.89. The SMILES string of the molecule is C[C@H](C(=O)Nc1ccccc1C(=O)N1CCCCCC1)N(c1ccc(Oc2ccccc2)cc1)S(C)(=O)=O. The van der Waals surface area contributed by atoms with Gasteiger partial charge in [-0.05, 0) is 68.3 Å². The Morgan fingerprint density at radius 2 is 1.42 bits per heavy atom. The van der Waals surface area contributed by atoms with Gasteiger partial charge in [0.05, 0.1) is 23.2 Å². The fourth-order valence-corrected chi connectivity index (χ4v) is 5.73. The molecule has 0 unspecified atom stereocenters. The second-order valence-corrected chi connectivity index (χ2v) is 11.2. The maximum absolute atomic E-state index is 13.3. The van der Waals surface area contributed by atoms with Crippen molar-refractivity contribution in [3.8, 4) is 11.5 Å². The minimum atomic E-state index is -3.82. The summed E-state index contributed by atoms with van der Waals surface area (Å²) in [5.41, 5.74) is 1.08. The van der Waals surface area contributed by atoms with Crippen LogP contribution in [0.4, 0.5) is 11.4 Å². The third-order valence-electron chi connectivity index (χ3n) is 6.47. The predicted octanol–water partition coefficient (Wildman–Crippen LogP) is 5.29. The van der Waals surface area contributed by atoms with Gasteiger partial charge in [-0.15, -0.1) is 0 Å². The zero-order valence-corrected chi connectivity index (χ0v) is 22.5. The van der Waals surface area contributed by atoms with Crippen molar-refractivity contribution in [1.29, 1.82) is 0 Å². The van der Waals surface area contributed by atoms with Gasteiger partial charge < -0.3 is 15.0 Å². The first-order chi connectivity index (χ1) is 18.2. The monoisotopic (exact) mass is 535 g/mol. The molecule has 1 heterocycles. The maximum atomic E-state index is 13.3. The number of likely N-dealkylation sites (tertiary alicyclic amines) is 1. The van der Waals surface area contributed by atoms with E-state index >= 15 is 0 Å². The largest absolute Gasteiger partial charge is 0.457 e. The smallest absolute Gasteiger partial charge is 0.255 e. The fraction of sp³-hybridized carbons (Fsp3) is 0.310. The lowest BCUT2D eigenvalue weighted by Gasteiger charge is -2.29. The molecular formula is C29H33N3O5S. The van der Waals surface area contributed by atoms with Crippen LogP contribution in [0.2, 0.25) is 0 Å². The van der Waals surface area contributed by atoms with Gasteiger partial charge in [0.1, 0.15) is 17.5 Å². The van der Waals surface area contributed by atoms with Gasteiger partial charge in [-0.1, -0.05) is 43.2 Å². The quantitative estimate of drug-likeness (QED) is 0.423. The number of anilines is 2. The summed E-state index contributed by atoms with van der Waals surface area (Å²) in [6.07, 6.45) is 5.16. The molecular weight excluding hydrogens is 502 g/mol. The lowest BCUT2D eigenvalue weighted by molar-refractivity contribution is -0.116. The van der Waals surface area contributed by atoms with Crippen LogP contribution in [0.15, 0.2) is 78.9 Å². The second kappa shape index (κ2) is 12.1. The Hall–Kier alpha value is -3.85. The van der Waals surface area contributed by atoms with Crippen molar-refractivity contribution < 1.29 is 22.7 Å². The van der Waals surface area contributed by atoms with E-state index < -0.39 is 22.0 Å². The number of sulfonamides is 1. The van der Waals surface area contributed by atoms with Crippen LogP contribution >= 0.6 is 0 Å². The fourth-order valence-electron chi connectivity index (χ4n) is 4.55. The van der Waals surface area contributed by atoms with Crippen molar-refractivity contribution in [1.82, 2.24) is 4.90 Å². The van der Waals surface area contributed by atoms with Crippen molar-refractivity contribution in [3.05, 3.63) is 84.4 Å². The van der Waals surface area contributed by atoms with Crippen molar-refractivity contribution in [2.75, 3.05) is 29.0 Å². The molecule has 0 aliphatic carbocycles. The molecule has 1 saturated heterocycles. The third-order valence-corrected chi connectivity index (χ3v) is 7.71. The molecule has 3 aromatic carbocycles. The highest BCUT2D eigenvalue weighted by molar-refractivity contribution is 7.92. The van der Waals surface area contributed by atoms with Crippen molar-refractivity contribution in [2.24, 2.45) is 0 Å². The van der Waals surface area contributed by atoms with E-state index in [1.807, 2.05) is 35.2 Å². The number of nitrogens with zero attached hydrogens (tertiary/aromatic N) is 2. The van der Waals surface area contributed by atoms with E-state index in [0.29, 0.717) is 41.5 Å². The first-order valence-corrected chi connectivity index (χ1v) is 14.6. The number of nitrogens with one attached hydrogen (secondary N) is 1. The number of carbonyl (C=O) groups excluding carboxylic acids is 2. The number of para-hydroxylation sites is 2. The molecule has 1 fully saturated rings. The van der Waals surface area contributed by atoms with Crippen LogP contribution in [-0.2, 0) is 14.8 Å². The zero-order valence-electron chi connectivity index (χ0n) is 21.7. The van der Waals surface area contributed by atoms with Crippen LogP contribution in [-0.4, -0.2) is 50.5 Å². The Morgan fingerprint density at radius 1 is 0.842 bits per heavy atom. The summed E-state index contributed by atoms with van der Waals surface area (Å²) in [5, 5.41) is 2.80. The summed E-state index contributed by atoms with van der Waals surface area (Å²) in [4.78, 5) is 28.4. The lowest BCUT2D eigenvalue weighted by Crippen LogP contribution is -2.45. The van der Waals surface area contributed by atoms with Gasteiger partial charge in [-0.3, -0.25) is 13.9 Å². The molecule has 1 aliphatic rings. The molecule has 0 aromatic heterocycles. The molecule has 0 saturated carbocycles. The number of hydrogen-bond donors (Lipinski definition) is 1. The average molecular weight is 536 g/mol. The molecule has 0 bridgehead atoms. The van der Waals surface area contributed by atoms with E-state index in [9.17, 15) is 18.0 Å².